The molecule has 2 aromatic rings. The Morgan fingerprint density at radius 2 is 1.91 bits per heavy atom. The second-order valence-electron chi connectivity index (χ2n) is 4.52. The van der Waals surface area contributed by atoms with Gasteiger partial charge in [0, 0.05) is 11.3 Å². The Morgan fingerprint density at radius 1 is 1.22 bits per heavy atom. The molecule has 0 heterocycles. The Hall–Kier alpha value is -3.20. The number of rotatable bonds is 4. The molecule has 0 spiro atoms. The van der Waals surface area contributed by atoms with Gasteiger partial charge in [0.05, 0.1) is 7.11 Å². The molecule has 0 aliphatic carbocycles. The molecule has 0 aliphatic heterocycles. The molecule has 0 radical (unpaired) electrons. The monoisotopic (exact) mass is 314 g/mol. The third-order valence-corrected chi connectivity index (χ3v) is 2.97. The summed E-state index contributed by atoms with van der Waals surface area (Å²) in [7, 11) is 1.51. The van der Waals surface area contributed by atoms with Crippen LogP contribution in [-0.2, 0) is 4.79 Å². The van der Waals surface area contributed by atoms with Crippen molar-refractivity contribution in [2.24, 2.45) is 0 Å². The number of anilines is 1. The fourth-order valence-electron chi connectivity index (χ4n) is 1.80. The molecular formula is C17H12F2N2O2. The van der Waals surface area contributed by atoms with Gasteiger partial charge in [-0.1, -0.05) is 0 Å². The number of nitrogens with zero attached hydrogens (tertiary/aromatic N) is 1. The van der Waals surface area contributed by atoms with Crippen LogP contribution in [0.2, 0.25) is 0 Å². The minimum Gasteiger partial charge on any atom is -0.497 e. The van der Waals surface area contributed by atoms with E-state index in [2.05, 4.69) is 5.32 Å². The van der Waals surface area contributed by atoms with Gasteiger partial charge < -0.3 is 10.1 Å². The molecule has 23 heavy (non-hydrogen) atoms. The van der Waals surface area contributed by atoms with Crippen molar-refractivity contribution in [3.05, 3.63) is 65.2 Å². The normalized spacial score (nSPS) is 10.8. The standard InChI is InChI=1S/C17H12F2N2O2/c1-23-15-5-3-14(4-6-15)21-17(22)12(10-20)8-11-9-13(18)2-7-16(11)19/h2-9H,1H3,(H,21,22)/b12-8+. The van der Waals surface area contributed by atoms with Crippen LogP contribution >= 0.6 is 0 Å². The van der Waals surface area contributed by atoms with Crippen molar-refractivity contribution in [2.75, 3.05) is 12.4 Å². The number of carbonyl (C=O) groups excluding carboxylic acids is 1. The Kier molecular flexibility index (Phi) is 5.05. The number of hydrogen-bond donors (Lipinski definition) is 1. The van der Waals surface area contributed by atoms with Gasteiger partial charge in [-0.3, -0.25) is 4.79 Å². The molecule has 0 saturated carbocycles. The smallest absolute Gasteiger partial charge is 0.266 e. The third-order valence-electron chi connectivity index (χ3n) is 2.97. The van der Waals surface area contributed by atoms with Crippen LogP contribution in [0.5, 0.6) is 5.75 Å². The van der Waals surface area contributed by atoms with E-state index in [0.29, 0.717) is 11.4 Å². The first-order valence-corrected chi connectivity index (χ1v) is 6.55. The van der Waals surface area contributed by atoms with Crippen molar-refractivity contribution in [1.82, 2.24) is 0 Å². The molecule has 0 fully saturated rings. The molecule has 1 amide bonds. The van der Waals surface area contributed by atoms with E-state index in [-0.39, 0.29) is 11.1 Å². The molecule has 0 aliphatic rings. The average Bonchev–Trinajstić information content (AvgIpc) is 2.56. The van der Waals surface area contributed by atoms with Crippen LogP contribution in [0.4, 0.5) is 14.5 Å². The molecule has 0 atom stereocenters. The minimum atomic E-state index is -0.726. The van der Waals surface area contributed by atoms with E-state index in [4.69, 9.17) is 10.00 Å². The molecule has 116 valence electrons. The summed E-state index contributed by atoms with van der Waals surface area (Å²) < 4.78 is 31.7. The topological polar surface area (TPSA) is 62.1 Å². The lowest BCUT2D eigenvalue weighted by molar-refractivity contribution is -0.112. The molecule has 2 rings (SSSR count). The lowest BCUT2D eigenvalue weighted by Gasteiger charge is -2.06. The fraction of sp³-hybridized carbons (Fsp3) is 0.0588. The van der Waals surface area contributed by atoms with Crippen molar-refractivity contribution in [3.8, 4) is 11.8 Å². The van der Waals surface area contributed by atoms with Gasteiger partial charge in [0.25, 0.3) is 5.91 Å². The van der Waals surface area contributed by atoms with Gasteiger partial charge in [0.1, 0.15) is 29.0 Å². The molecule has 2 aromatic carbocycles. The zero-order valence-electron chi connectivity index (χ0n) is 12.1. The maximum Gasteiger partial charge on any atom is 0.266 e. The van der Waals surface area contributed by atoms with Crippen LogP contribution in [0.3, 0.4) is 0 Å². The first-order chi connectivity index (χ1) is 11.0. The van der Waals surface area contributed by atoms with Gasteiger partial charge in [-0.05, 0) is 48.5 Å². The summed E-state index contributed by atoms with van der Waals surface area (Å²) in [6.07, 6.45) is 0.997. The van der Waals surface area contributed by atoms with Gasteiger partial charge in [0.2, 0.25) is 0 Å². The number of methoxy groups -OCH3 is 1. The second-order valence-corrected chi connectivity index (χ2v) is 4.52. The van der Waals surface area contributed by atoms with Crippen molar-refractivity contribution >= 4 is 17.7 Å². The van der Waals surface area contributed by atoms with Crippen LogP contribution in [0.15, 0.2) is 48.0 Å². The highest BCUT2D eigenvalue weighted by atomic mass is 19.1. The Bertz CT molecular complexity index is 793. The van der Waals surface area contributed by atoms with Gasteiger partial charge in [-0.2, -0.15) is 5.26 Å². The molecule has 4 nitrogen and oxygen atoms in total. The van der Waals surface area contributed by atoms with Crippen LogP contribution in [0.1, 0.15) is 5.56 Å². The van der Waals surface area contributed by atoms with Gasteiger partial charge in [-0.15, -0.1) is 0 Å². The molecule has 1 N–H and O–H groups in total. The van der Waals surface area contributed by atoms with E-state index in [1.165, 1.54) is 7.11 Å². The highest BCUT2D eigenvalue weighted by Crippen LogP contribution is 2.17. The van der Waals surface area contributed by atoms with E-state index in [1.807, 2.05) is 0 Å². The summed E-state index contributed by atoms with van der Waals surface area (Å²) in [5, 5.41) is 11.6. The van der Waals surface area contributed by atoms with Crippen molar-refractivity contribution < 1.29 is 18.3 Å². The number of hydrogen-bond acceptors (Lipinski definition) is 3. The summed E-state index contributed by atoms with van der Waals surface area (Å²) in [6.45, 7) is 0. The predicted molar refractivity (Wildman–Crippen MR) is 81.6 cm³/mol. The molecule has 0 bridgehead atoms. The second kappa shape index (κ2) is 7.18. The molecule has 0 unspecified atom stereocenters. The van der Waals surface area contributed by atoms with E-state index in [9.17, 15) is 13.6 Å². The van der Waals surface area contributed by atoms with Crippen molar-refractivity contribution in [1.29, 1.82) is 5.26 Å². The van der Waals surface area contributed by atoms with Crippen LogP contribution < -0.4 is 10.1 Å². The summed E-state index contributed by atoms with van der Waals surface area (Å²) in [5.41, 5.74) is -0.0755. The zero-order valence-corrected chi connectivity index (χ0v) is 12.1. The average molecular weight is 314 g/mol. The third kappa shape index (κ3) is 4.14. The molecular weight excluding hydrogens is 302 g/mol. The fourth-order valence-corrected chi connectivity index (χ4v) is 1.80. The van der Waals surface area contributed by atoms with Gasteiger partial charge in [0.15, 0.2) is 0 Å². The van der Waals surface area contributed by atoms with Crippen LogP contribution in [0, 0.1) is 23.0 Å². The lowest BCUT2D eigenvalue weighted by atomic mass is 10.1. The SMILES string of the molecule is COc1ccc(NC(=O)/C(C#N)=C/c2cc(F)ccc2F)cc1. The number of benzene rings is 2. The van der Waals surface area contributed by atoms with Gasteiger partial charge in [-0.25, -0.2) is 8.78 Å². The van der Waals surface area contributed by atoms with E-state index >= 15 is 0 Å². The summed E-state index contributed by atoms with van der Waals surface area (Å²) in [5.74, 6) is -1.50. The summed E-state index contributed by atoms with van der Waals surface area (Å²) >= 11 is 0. The quantitative estimate of drug-likeness (QED) is 0.694. The Balaban J connectivity index is 2.22. The molecule has 0 saturated heterocycles. The highest BCUT2D eigenvalue weighted by Gasteiger charge is 2.11. The van der Waals surface area contributed by atoms with Crippen LogP contribution in [-0.4, -0.2) is 13.0 Å². The van der Waals surface area contributed by atoms with Crippen molar-refractivity contribution in [2.45, 2.75) is 0 Å². The molecule has 0 aromatic heterocycles. The zero-order chi connectivity index (χ0) is 16.8. The number of nitrogens with one attached hydrogen (secondary N) is 1. The number of amides is 1. The lowest BCUT2D eigenvalue weighted by Crippen LogP contribution is -2.13. The maximum absolute atomic E-state index is 13.6. The minimum absolute atomic E-state index is 0.175. The largest absolute Gasteiger partial charge is 0.497 e. The highest BCUT2D eigenvalue weighted by molar-refractivity contribution is 6.09. The van der Waals surface area contributed by atoms with E-state index < -0.39 is 17.5 Å². The summed E-state index contributed by atoms with van der Waals surface area (Å²) in [6, 6.07) is 10.9. The number of ether oxygens (including phenoxy) is 1. The van der Waals surface area contributed by atoms with Crippen LogP contribution in [0.25, 0.3) is 6.08 Å². The van der Waals surface area contributed by atoms with E-state index in [1.54, 1.807) is 30.3 Å². The first kappa shape index (κ1) is 16.2. The maximum atomic E-state index is 13.6. The Morgan fingerprint density at radius 3 is 2.52 bits per heavy atom. The Labute approximate surface area is 131 Å². The molecule has 6 heteroatoms. The van der Waals surface area contributed by atoms with Crippen molar-refractivity contribution in [3.63, 3.8) is 0 Å². The number of nitriles is 1. The number of halogens is 2. The summed E-state index contributed by atoms with van der Waals surface area (Å²) in [4.78, 5) is 12.0. The van der Waals surface area contributed by atoms with E-state index in [0.717, 1.165) is 24.3 Å². The predicted octanol–water partition coefficient (Wildman–Crippen LogP) is 3.52. The number of carbonyl (C=O) groups is 1. The van der Waals surface area contributed by atoms with Gasteiger partial charge >= 0.3 is 0 Å². The first-order valence-electron chi connectivity index (χ1n) is 6.55.